The van der Waals surface area contributed by atoms with Crippen LogP contribution in [0.25, 0.3) is 0 Å². The number of aryl methyl sites for hydroxylation is 1. The van der Waals surface area contributed by atoms with Crippen molar-refractivity contribution in [3.8, 4) is 5.75 Å². The molecule has 0 saturated carbocycles. The minimum atomic E-state index is -0.410. The molecule has 0 fully saturated rings. The molecular weight excluding hydrogens is 388 g/mol. The third-order valence-corrected chi connectivity index (χ3v) is 3.72. The quantitative estimate of drug-likeness (QED) is 0.666. The van der Waals surface area contributed by atoms with E-state index in [1.807, 2.05) is 13.0 Å². The highest BCUT2D eigenvalue weighted by molar-refractivity contribution is 9.10. The first-order chi connectivity index (χ1) is 9.38. The summed E-state index contributed by atoms with van der Waals surface area (Å²) in [5, 5.41) is 12.5. The summed E-state index contributed by atoms with van der Waals surface area (Å²) in [5.41, 5.74) is 7.92. The van der Waals surface area contributed by atoms with Gasteiger partial charge in [-0.25, -0.2) is 0 Å². The molecule has 0 aromatic heterocycles. The number of hydrogen-bond donors (Lipinski definition) is 3. The van der Waals surface area contributed by atoms with Gasteiger partial charge >= 0.3 is 0 Å². The van der Waals surface area contributed by atoms with Crippen molar-refractivity contribution >= 4 is 49.1 Å². The average Bonchev–Trinajstić information content (AvgIpc) is 2.33. The van der Waals surface area contributed by atoms with Gasteiger partial charge in [0.05, 0.1) is 16.9 Å². The van der Waals surface area contributed by atoms with Crippen LogP contribution in [0, 0.1) is 6.92 Å². The Kier molecular flexibility index (Phi) is 4.35. The fourth-order valence-corrected chi connectivity index (χ4v) is 2.76. The van der Waals surface area contributed by atoms with Gasteiger partial charge in [-0.05, 0) is 42.8 Å². The molecule has 2 aromatic rings. The summed E-state index contributed by atoms with van der Waals surface area (Å²) in [4.78, 5) is 12.2. The molecular formula is C14H12Br2N2O2. The molecule has 0 radical (unpaired) electrons. The molecule has 0 aliphatic heterocycles. The molecule has 0 unspecified atom stereocenters. The van der Waals surface area contributed by atoms with E-state index in [-0.39, 0.29) is 11.3 Å². The number of nitrogens with two attached hydrogens (primary N) is 1. The maximum absolute atomic E-state index is 12.2. The number of anilines is 2. The van der Waals surface area contributed by atoms with Crippen LogP contribution in [0.15, 0.2) is 39.3 Å². The van der Waals surface area contributed by atoms with Crippen molar-refractivity contribution in [2.24, 2.45) is 0 Å². The number of carbonyl (C=O) groups excluding carboxylic acids is 1. The molecule has 0 heterocycles. The first kappa shape index (κ1) is 14.9. The predicted octanol–water partition coefficient (Wildman–Crippen LogP) is 4.06. The van der Waals surface area contributed by atoms with Crippen molar-refractivity contribution in [1.82, 2.24) is 0 Å². The molecule has 0 bridgehead atoms. The molecule has 104 valence electrons. The number of phenols is 1. The standard InChI is InChI=1S/C14H12Br2N2O2/c1-7-4-9(16)5-11(17)13(7)18-14(20)10-3-2-8(15)6-12(10)19/h2-6,19H,17H2,1H3,(H,18,20). The first-order valence-electron chi connectivity index (χ1n) is 5.74. The lowest BCUT2D eigenvalue weighted by atomic mass is 10.1. The second-order valence-corrected chi connectivity index (χ2v) is 6.13. The van der Waals surface area contributed by atoms with Crippen molar-refractivity contribution in [3.63, 3.8) is 0 Å². The molecule has 2 aromatic carbocycles. The summed E-state index contributed by atoms with van der Waals surface area (Å²) in [7, 11) is 0. The Morgan fingerprint density at radius 1 is 1.20 bits per heavy atom. The van der Waals surface area contributed by atoms with Crippen molar-refractivity contribution in [2.45, 2.75) is 6.92 Å². The molecule has 6 heteroatoms. The maximum Gasteiger partial charge on any atom is 0.259 e. The maximum atomic E-state index is 12.2. The number of benzene rings is 2. The summed E-state index contributed by atoms with van der Waals surface area (Å²) < 4.78 is 1.54. The highest BCUT2D eigenvalue weighted by atomic mass is 79.9. The monoisotopic (exact) mass is 398 g/mol. The Morgan fingerprint density at radius 2 is 1.90 bits per heavy atom. The number of aromatic hydroxyl groups is 1. The summed E-state index contributed by atoms with van der Waals surface area (Å²) in [6.07, 6.45) is 0. The largest absolute Gasteiger partial charge is 0.507 e. The number of nitrogen functional groups attached to an aromatic ring is 1. The van der Waals surface area contributed by atoms with Crippen molar-refractivity contribution < 1.29 is 9.90 Å². The highest BCUT2D eigenvalue weighted by Crippen LogP contribution is 2.29. The molecule has 1 amide bonds. The second kappa shape index (κ2) is 5.85. The third kappa shape index (κ3) is 3.13. The number of carbonyl (C=O) groups is 1. The van der Waals surface area contributed by atoms with Gasteiger partial charge in [0.25, 0.3) is 5.91 Å². The molecule has 0 atom stereocenters. The number of halogens is 2. The van der Waals surface area contributed by atoms with E-state index in [1.165, 1.54) is 6.07 Å². The van der Waals surface area contributed by atoms with E-state index in [0.717, 1.165) is 10.0 Å². The molecule has 2 rings (SSSR count). The van der Waals surface area contributed by atoms with E-state index in [9.17, 15) is 9.90 Å². The van der Waals surface area contributed by atoms with E-state index in [4.69, 9.17) is 5.73 Å². The number of hydrogen-bond acceptors (Lipinski definition) is 3. The van der Waals surface area contributed by atoms with Gasteiger partial charge in [-0.3, -0.25) is 4.79 Å². The summed E-state index contributed by atoms with van der Waals surface area (Å²) >= 11 is 6.57. The third-order valence-electron chi connectivity index (χ3n) is 2.77. The van der Waals surface area contributed by atoms with Crippen LogP contribution in [0.1, 0.15) is 15.9 Å². The Morgan fingerprint density at radius 3 is 2.50 bits per heavy atom. The topological polar surface area (TPSA) is 75.3 Å². The number of phenolic OH excluding ortho intramolecular Hbond substituents is 1. The number of amides is 1. The number of nitrogens with one attached hydrogen (secondary N) is 1. The van der Waals surface area contributed by atoms with Crippen molar-refractivity contribution in [2.75, 3.05) is 11.1 Å². The average molecular weight is 400 g/mol. The van der Waals surface area contributed by atoms with Gasteiger partial charge in [0.2, 0.25) is 0 Å². The van der Waals surface area contributed by atoms with Crippen LogP contribution in [-0.2, 0) is 0 Å². The SMILES string of the molecule is Cc1cc(Br)cc(N)c1NC(=O)c1ccc(Br)cc1O. The minimum absolute atomic E-state index is 0.0924. The van der Waals surface area contributed by atoms with Crippen LogP contribution in [0.2, 0.25) is 0 Å². The van der Waals surface area contributed by atoms with Gasteiger partial charge in [-0.1, -0.05) is 31.9 Å². The lowest BCUT2D eigenvalue weighted by Gasteiger charge is -2.12. The smallest absolute Gasteiger partial charge is 0.259 e. The molecule has 20 heavy (non-hydrogen) atoms. The Bertz CT molecular complexity index is 664. The fourth-order valence-electron chi connectivity index (χ4n) is 1.82. The van der Waals surface area contributed by atoms with Crippen LogP contribution < -0.4 is 11.1 Å². The zero-order valence-corrected chi connectivity index (χ0v) is 13.7. The van der Waals surface area contributed by atoms with Gasteiger partial charge in [0, 0.05) is 8.95 Å². The molecule has 0 aliphatic rings. The minimum Gasteiger partial charge on any atom is -0.507 e. The predicted molar refractivity (Wildman–Crippen MR) is 87.1 cm³/mol. The zero-order valence-electron chi connectivity index (χ0n) is 10.6. The van der Waals surface area contributed by atoms with Crippen LogP contribution in [-0.4, -0.2) is 11.0 Å². The van der Waals surface area contributed by atoms with E-state index in [0.29, 0.717) is 15.8 Å². The zero-order chi connectivity index (χ0) is 14.9. The Labute approximate surface area is 133 Å². The Hall–Kier alpha value is -1.53. The van der Waals surface area contributed by atoms with E-state index in [1.54, 1.807) is 18.2 Å². The van der Waals surface area contributed by atoms with Crippen molar-refractivity contribution in [3.05, 3.63) is 50.4 Å². The van der Waals surface area contributed by atoms with Gasteiger partial charge in [-0.2, -0.15) is 0 Å². The highest BCUT2D eigenvalue weighted by Gasteiger charge is 2.14. The van der Waals surface area contributed by atoms with E-state index >= 15 is 0 Å². The number of rotatable bonds is 2. The normalized spacial score (nSPS) is 10.3. The van der Waals surface area contributed by atoms with Crippen LogP contribution in [0.4, 0.5) is 11.4 Å². The summed E-state index contributed by atoms with van der Waals surface area (Å²) in [6.45, 7) is 1.85. The molecule has 0 saturated heterocycles. The van der Waals surface area contributed by atoms with Crippen LogP contribution in [0.5, 0.6) is 5.75 Å². The van der Waals surface area contributed by atoms with Gasteiger partial charge < -0.3 is 16.2 Å². The molecule has 0 spiro atoms. The molecule has 0 aliphatic carbocycles. The first-order valence-corrected chi connectivity index (χ1v) is 7.32. The van der Waals surface area contributed by atoms with Crippen LogP contribution >= 0.6 is 31.9 Å². The second-order valence-electron chi connectivity index (χ2n) is 4.30. The van der Waals surface area contributed by atoms with Gasteiger partial charge in [0.15, 0.2) is 0 Å². The molecule has 4 N–H and O–H groups in total. The van der Waals surface area contributed by atoms with Gasteiger partial charge in [-0.15, -0.1) is 0 Å². The van der Waals surface area contributed by atoms with E-state index < -0.39 is 5.91 Å². The van der Waals surface area contributed by atoms with E-state index in [2.05, 4.69) is 37.2 Å². The lowest BCUT2D eigenvalue weighted by molar-refractivity contribution is 0.102. The fraction of sp³-hybridized carbons (Fsp3) is 0.0714. The summed E-state index contributed by atoms with van der Waals surface area (Å²) in [5.74, 6) is -0.502. The molecule has 4 nitrogen and oxygen atoms in total. The summed E-state index contributed by atoms with van der Waals surface area (Å²) in [6, 6.07) is 8.26. The van der Waals surface area contributed by atoms with Gasteiger partial charge in [0.1, 0.15) is 5.75 Å². The van der Waals surface area contributed by atoms with Crippen molar-refractivity contribution in [1.29, 1.82) is 0 Å². The lowest BCUT2D eigenvalue weighted by Crippen LogP contribution is -2.14. The van der Waals surface area contributed by atoms with Crippen LogP contribution in [0.3, 0.4) is 0 Å². The Balaban J connectivity index is 2.33.